The van der Waals surface area contributed by atoms with Crippen LogP contribution >= 0.6 is 11.3 Å². The van der Waals surface area contributed by atoms with Crippen LogP contribution < -0.4 is 5.32 Å². The number of hydrogen-bond acceptors (Lipinski definition) is 4. The number of carbonyl (C=O) groups is 2. The number of benzene rings is 2. The van der Waals surface area contributed by atoms with Crippen LogP contribution in [0.2, 0.25) is 0 Å². The molecule has 1 atom stereocenters. The molecule has 2 aromatic carbocycles. The number of carbonyl (C=O) groups excluding carboxylic acids is 2. The smallest absolute Gasteiger partial charge is 0.341 e. The van der Waals surface area contributed by atoms with E-state index in [4.69, 9.17) is 4.74 Å². The molecule has 138 valence electrons. The highest BCUT2D eigenvalue weighted by molar-refractivity contribution is 7.10. The third kappa shape index (κ3) is 4.77. The van der Waals surface area contributed by atoms with Crippen molar-refractivity contribution < 1.29 is 23.1 Å². The third-order valence-electron chi connectivity index (χ3n) is 3.76. The molecule has 0 fully saturated rings. The molecule has 0 spiro atoms. The van der Waals surface area contributed by atoms with Gasteiger partial charge in [0.2, 0.25) is 0 Å². The standard InChI is InChI=1S/C20H15F2NO3S/c21-14-9-7-13(8-10-14)19(17-6-3-11-27-17)23-18(24)12-26-20(25)15-4-1-2-5-16(15)22/h1-11,19H,12H2,(H,23,24)/t19-/m1/s1. The van der Waals surface area contributed by atoms with Crippen molar-refractivity contribution in [2.45, 2.75) is 6.04 Å². The van der Waals surface area contributed by atoms with Gasteiger partial charge in [-0.1, -0.05) is 30.3 Å². The van der Waals surface area contributed by atoms with Crippen LogP contribution in [-0.2, 0) is 9.53 Å². The number of nitrogens with one attached hydrogen (secondary N) is 1. The van der Waals surface area contributed by atoms with E-state index in [1.54, 1.807) is 12.1 Å². The molecule has 1 aromatic heterocycles. The zero-order valence-electron chi connectivity index (χ0n) is 14.0. The molecule has 0 bridgehead atoms. The van der Waals surface area contributed by atoms with E-state index in [1.807, 2.05) is 17.5 Å². The van der Waals surface area contributed by atoms with E-state index < -0.39 is 30.3 Å². The fraction of sp³-hybridized carbons (Fsp3) is 0.100. The zero-order valence-corrected chi connectivity index (χ0v) is 14.8. The lowest BCUT2D eigenvalue weighted by Gasteiger charge is -2.18. The Morgan fingerprint density at radius 1 is 1.00 bits per heavy atom. The predicted molar refractivity (Wildman–Crippen MR) is 97.4 cm³/mol. The van der Waals surface area contributed by atoms with Gasteiger partial charge in [-0.25, -0.2) is 13.6 Å². The van der Waals surface area contributed by atoms with Crippen molar-refractivity contribution in [3.05, 3.63) is 93.7 Å². The van der Waals surface area contributed by atoms with Crippen LogP contribution in [0.3, 0.4) is 0 Å². The summed E-state index contributed by atoms with van der Waals surface area (Å²) >= 11 is 1.43. The van der Waals surface area contributed by atoms with Gasteiger partial charge < -0.3 is 10.1 Å². The van der Waals surface area contributed by atoms with Gasteiger partial charge in [-0.05, 0) is 41.3 Å². The van der Waals surface area contributed by atoms with E-state index in [0.717, 1.165) is 10.9 Å². The van der Waals surface area contributed by atoms with Crippen molar-refractivity contribution in [3.63, 3.8) is 0 Å². The fourth-order valence-corrected chi connectivity index (χ4v) is 3.27. The maximum atomic E-state index is 13.6. The second-order valence-electron chi connectivity index (χ2n) is 5.62. The summed E-state index contributed by atoms with van der Waals surface area (Å²) in [7, 11) is 0. The highest BCUT2D eigenvalue weighted by Gasteiger charge is 2.20. The van der Waals surface area contributed by atoms with E-state index in [1.165, 1.54) is 41.7 Å². The molecule has 0 aliphatic heterocycles. The molecule has 27 heavy (non-hydrogen) atoms. The summed E-state index contributed by atoms with van der Waals surface area (Å²) in [6.45, 7) is -0.559. The van der Waals surface area contributed by atoms with Gasteiger partial charge in [-0.2, -0.15) is 0 Å². The topological polar surface area (TPSA) is 55.4 Å². The van der Waals surface area contributed by atoms with Gasteiger partial charge >= 0.3 is 5.97 Å². The lowest BCUT2D eigenvalue weighted by Crippen LogP contribution is -2.32. The predicted octanol–water partition coefficient (Wildman–Crippen LogP) is 4.09. The molecule has 0 saturated carbocycles. The Kier molecular flexibility index (Phi) is 5.93. The third-order valence-corrected chi connectivity index (χ3v) is 4.70. The maximum Gasteiger partial charge on any atom is 0.341 e. The highest BCUT2D eigenvalue weighted by atomic mass is 32.1. The molecule has 3 rings (SSSR count). The van der Waals surface area contributed by atoms with Crippen molar-refractivity contribution in [1.29, 1.82) is 0 Å². The minimum absolute atomic E-state index is 0.237. The molecular formula is C20H15F2NO3S. The average molecular weight is 387 g/mol. The number of amides is 1. The Balaban J connectivity index is 1.67. The monoisotopic (exact) mass is 387 g/mol. The molecule has 7 heteroatoms. The van der Waals surface area contributed by atoms with E-state index in [9.17, 15) is 18.4 Å². The van der Waals surface area contributed by atoms with Crippen LogP contribution in [0.4, 0.5) is 8.78 Å². The van der Waals surface area contributed by atoms with E-state index in [0.29, 0.717) is 5.56 Å². The van der Waals surface area contributed by atoms with Crippen LogP contribution in [0, 0.1) is 11.6 Å². The lowest BCUT2D eigenvalue weighted by atomic mass is 10.1. The maximum absolute atomic E-state index is 13.6. The number of esters is 1. The van der Waals surface area contributed by atoms with Crippen molar-refractivity contribution >= 4 is 23.2 Å². The van der Waals surface area contributed by atoms with E-state index in [-0.39, 0.29) is 11.4 Å². The second kappa shape index (κ2) is 8.55. The molecule has 1 amide bonds. The van der Waals surface area contributed by atoms with Crippen LogP contribution in [-0.4, -0.2) is 18.5 Å². The van der Waals surface area contributed by atoms with Crippen LogP contribution in [0.15, 0.2) is 66.0 Å². The number of hydrogen-bond donors (Lipinski definition) is 1. The fourth-order valence-electron chi connectivity index (χ4n) is 2.47. The molecule has 4 nitrogen and oxygen atoms in total. The Bertz CT molecular complexity index is 927. The van der Waals surface area contributed by atoms with E-state index >= 15 is 0 Å². The first-order valence-electron chi connectivity index (χ1n) is 8.04. The summed E-state index contributed by atoms with van der Waals surface area (Å²) < 4.78 is 31.7. The summed E-state index contributed by atoms with van der Waals surface area (Å²) in [6.07, 6.45) is 0. The molecule has 1 heterocycles. The van der Waals surface area contributed by atoms with Crippen LogP contribution in [0.1, 0.15) is 26.8 Å². The van der Waals surface area contributed by atoms with Gasteiger partial charge in [0.25, 0.3) is 5.91 Å². The minimum Gasteiger partial charge on any atom is -0.452 e. The summed E-state index contributed by atoms with van der Waals surface area (Å²) in [5.74, 6) is -2.57. The van der Waals surface area contributed by atoms with Crippen molar-refractivity contribution in [2.24, 2.45) is 0 Å². The largest absolute Gasteiger partial charge is 0.452 e. The molecule has 0 aliphatic rings. The van der Waals surface area contributed by atoms with Gasteiger partial charge in [-0.3, -0.25) is 4.79 Å². The summed E-state index contributed by atoms with van der Waals surface area (Å²) in [5, 5.41) is 4.61. The number of rotatable bonds is 6. The molecule has 0 radical (unpaired) electrons. The Morgan fingerprint density at radius 2 is 1.74 bits per heavy atom. The summed E-state index contributed by atoms with van der Waals surface area (Å²) in [6, 6.07) is 14.3. The van der Waals surface area contributed by atoms with Crippen molar-refractivity contribution in [2.75, 3.05) is 6.61 Å². The zero-order chi connectivity index (χ0) is 19.2. The lowest BCUT2D eigenvalue weighted by molar-refractivity contribution is -0.124. The van der Waals surface area contributed by atoms with Gasteiger partial charge in [0.1, 0.15) is 11.6 Å². The Hall–Kier alpha value is -3.06. The van der Waals surface area contributed by atoms with Gasteiger partial charge in [0.05, 0.1) is 11.6 Å². The summed E-state index contributed by atoms with van der Waals surface area (Å²) in [5.41, 5.74) is 0.450. The number of thiophene rings is 1. The van der Waals surface area contributed by atoms with Gasteiger partial charge in [0.15, 0.2) is 6.61 Å². The molecule has 1 N–H and O–H groups in total. The molecule has 0 aliphatic carbocycles. The number of halogens is 2. The first-order chi connectivity index (χ1) is 13.0. The highest BCUT2D eigenvalue weighted by Crippen LogP contribution is 2.26. The van der Waals surface area contributed by atoms with Crippen molar-refractivity contribution in [1.82, 2.24) is 5.32 Å². The molecule has 0 unspecified atom stereocenters. The molecular weight excluding hydrogens is 372 g/mol. The first kappa shape index (κ1) is 18.7. The second-order valence-corrected chi connectivity index (χ2v) is 6.60. The normalized spacial score (nSPS) is 11.6. The Morgan fingerprint density at radius 3 is 2.41 bits per heavy atom. The van der Waals surface area contributed by atoms with Gasteiger partial charge in [0, 0.05) is 4.88 Å². The summed E-state index contributed by atoms with van der Waals surface area (Å²) in [4.78, 5) is 25.0. The van der Waals surface area contributed by atoms with Crippen molar-refractivity contribution in [3.8, 4) is 0 Å². The SMILES string of the molecule is O=C(COC(=O)c1ccccc1F)N[C@H](c1ccc(F)cc1)c1cccs1. The minimum atomic E-state index is -0.919. The molecule has 3 aromatic rings. The first-order valence-corrected chi connectivity index (χ1v) is 8.92. The quantitative estimate of drug-likeness (QED) is 0.648. The molecule has 0 saturated heterocycles. The van der Waals surface area contributed by atoms with Gasteiger partial charge in [-0.15, -0.1) is 11.3 Å². The van der Waals surface area contributed by atoms with Crippen LogP contribution in [0.5, 0.6) is 0 Å². The number of ether oxygens (including phenoxy) is 1. The van der Waals surface area contributed by atoms with Crippen LogP contribution in [0.25, 0.3) is 0 Å². The van der Waals surface area contributed by atoms with E-state index in [2.05, 4.69) is 5.32 Å². The average Bonchev–Trinajstić information content (AvgIpc) is 3.20. The Labute approximate surface area is 158 Å².